The lowest BCUT2D eigenvalue weighted by Gasteiger charge is -2.14. The van der Waals surface area contributed by atoms with Crippen LogP contribution in [0.25, 0.3) is 10.8 Å². The zero-order chi connectivity index (χ0) is 18.4. The molecule has 2 rings (SSSR count). The van der Waals surface area contributed by atoms with Gasteiger partial charge in [-0.15, -0.1) is 0 Å². The highest BCUT2D eigenvalue weighted by Crippen LogP contribution is 2.27. The van der Waals surface area contributed by atoms with E-state index in [0.29, 0.717) is 0 Å². The second kappa shape index (κ2) is 8.76. The molecule has 0 saturated carbocycles. The summed E-state index contributed by atoms with van der Waals surface area (Å²) >= 11 is 3.48. The van der Waals surface area contributed by atoms with E-state index in [0.717, 1.165) is 20.8 Å². The van der Waals surface area contributed by atoms with E-state index in [4.69, 9.17) is 9.47 Å². The van der Waals surface area contributed by atoms with Gasteiger partial charge in [-0.05, 0) is 36.2 Å². The van der Waals surface area contributed by atoms with Crippen LogP contribution in [0.15, 0.2) is 40.9 Å². The van der Waals surface area contributed by atoms with E-state index in [-0.39, 0.29) is 19.6 Å². The standard InChI is InChI=1S/C19H19BrO5/c1-3-24-18(22)17(19(23)25-4-2)16(21)11-12-9-10-15(20)14-8-6-5-7-13(12)14/h5-10,17H,3-4,11H2,1-2H3. The SMILES string of the molecule is CCOC(=O)C(C(=O)Cc1ccc(Br)c2ccccc12)C(=O)OCC. The van der Waals surface area contributed by atoms with Gasteiger partial charge in [-0.25, -0.2) is 0 Å². The normalized spacial score (nSPS) is 10.7. The van der Waals surface area contributed by atoms with Crippen molar-refractivity contribution in [2.24, 2.45) is 5.92 Å². The topological polar surface area (TPSA) is 69.7 Å². The Morgan fingerprint density at radius 3 is 2.04 bits per heavy atom. The van der Waals surface area contributed by atoms with Gasteiger partial charge in [-0.3, -0.25) is 14.4 Å². The summed E-state index contributed by atoms with van der Waals surface area (Å²) in [5.74, 6) is -3.83. The first-order valence-electron chi connectivity index (χ1n) is 8.01. The highest BCUT2D eigenvalue weighted by molar-refractivity contribution is 9.10. The maximum absolute atomic E-state index is 12.7. The summed E-state index contributed by atoms with van der Waals surface area (Å²) in [5, 5.41) is 1.84. The molecule has 0 aromatic heterocycles. The number of ketones is 1. The van der Waals surface area contributed by atoms with Gasteiger partial charge in [0.25, 0.3) is 0 Å². The molecule has 0 aliphatic rings. The smallest absolute Gasteiger partial charge is 0.328 e. The van der Waals surface area contributed by atoms with E-state index in [1.165, 1.54) is 0 Å². The van der Waals surface area contributed by atoms with Crippen LogP contribution in [0.2, 0.25) is 0 Å². The number of Topliss-reactive ketones (excluding diaryl/α,β-unsaturated/α-hetero) is 1. The fraction of sp³-hybridized carbons (Fsp3) is 0.316. The first-order chi connectivity index (χ1) is 12.0. The van der Waals surface area contributed by atoms with Gasteiger partial charge in [0.1, 0.15) is 0 Å². The first kappa shape index (κ1) is 19.1. The molecule has 0 fully saturated rings. The van der Waals surface area contributed by atoms with Gasteiger partial charge in [0, 0.05) is 10.9 Å². The van der Waals surface area contributed by atoms with Crippen molar-refractivity contribution >= 4 is 44.4 Å². The Kier molecular flexibility index (Phi) is 6.70. The third-order valence-electron chi connectivity index (χ3n) is 3.69. The van der Waals surface area contributed by atoms with Gasteiger partial charge >= 0.3 is 11.9 Å². The number of carbonyl (C=O) groups excluding carboxylic acids is 3. The molecule has 0 radical (unpaired) electrons. The van der Waals surface area contributed by atoms with E-state index in [9.17, 15) is 14.4 Å². The third kappa shape index (κ3) is 4.45. The van der Waals surface area contributed by atoms with Gasteiger partial charge in [0.15, 0.2) is 5.78 Å². The number of hydrogen-bond acceptors (Lipinski definition) is 5. The molecule has 0 spiro atoms. The summed E-state index contributed by atoms with van der Waals surface area (Å²) in [5.41, 5.74) is 0.738. The molecule has 0 amide bonds. The molecule has 0 aliphatic carbocycles. The molecule has 5 nitrogen and oxygen atoms in total. The zero-order valence-corrected chi connectivity index (χ0v) is 15.7. The minimum Gasteiger partial charge on any atom is -0.465 e. The van der Waals surface area contributed by atoms with Crippen LogP contribution < -0.4 is 0 Å². The fourth-order valence-corrected chi connectivity index (χ4v) is 3.06. The maximum atomic E-state index is 12.7. The Balaban J connectivity index is 2.33. The monoisotopic (exact) mass is 406 g/mol. The Labute approximate surface area is 154 Å². The molecule has 0 saturated heterocycles. The number of hydrogen-bond donors (Lipinski definition) is 0. The Morgan fingerprint density at radius 2 is 1.48 bits per heavy atom. The maximum Gasteiger partial charge on any atom is 0.328 e. The molecule has 0 N–H and O–H groups in total. The molecule has 6 heteroatoms. The van der Waals surface area contributed by atoms with E-state index >= 15 is 0 Å². The molecule has 25 heavy (non-hydrogen) atoms. The summed E-state index contributed by atoms with van der Waals surface area (Å²) in [7, 11) is 0. The quantitative estimate of drug-likeness (QED) is 0.520. The summed E-state index contributed by atoms with van der Waals surface area (Å²) in [6.45, 7) is 3.41. The first-order valence-corrected chi connectivity index (χ1v) is 8.81. The number of esters is 2. The van der Waals surface area contributed by atoms with Crippen LogP contribution in [0.5, 0.6) is 0 Å². The molecular weight excluding hydrogens is 388 g/mol. The lowest BCUT2D eigenvalue weighted by Crippen LogP contribution is -2.35. The second-order valence-electron chi connectivity index (χ2n) is 5.33. The molecule has 2 aromatic carbocycles. The van der Waals surface area contributed by atoms with E-state index < -0.39 is 23.6 Å². The van der Waals surface area contributed by atoms with E-state index in [1.807, 2.05) is 30.3 Å². The molecule has 0 heterocycles. The second-order valence-corrected chi connectivity index (χ2v) is 6.19. The Bertz CT molecular complexity index is 782. The highest BCUT2D eigenvalue weighted by Gasteiger charge is 2.36. The lowest BCUT2D eigenvalue weighted by molar-refractivity contribution is -0.163. The average Bonchev–Trinajstić information content (AvgIpc) is 2.58. The van der Waals surface area contributed by atoms with Gasteiger partial charge in [0.05, 0.1) is 13.2 Å². The number of carbonyl (C=O) groups is 3. The number of halogens is 1. The summed E-state index contributed by atoms with van der Waals surface area (Å²) in [6.07, 6.45) is -0.0594. The summed E-state index contributed by atoms with van der Waals surface area (Å²) in [6, 6.07) is 11.2. The Morgan fingerprint density at radius 1 is 0.920 bits per heavy atom. The van der Waals surface area contributed by atoms with Crippen molar-refractivity contribution in [3.8, 4) is 0 Å². The van der Waals surface area contributed by atoms with Crippen LogP contribution >= 0.6 is 15.9 Å². The van der Waals surface area contributed by atoms with Gasteiger partial charge in [-0.1, -0.05) is 46.3 Å². The highest BCUT2D eigenvalue weighted by atomic mass is 79.9. The molecular formula is C19H19BrO5. The van der Waals surface area contributed by atoms with Gasteiger partial charge in [-0.2, -0.15) is 0 Å². The van der Waals surface area contributed by atoms with Crippen LogP contribution in [0, 0.1) is 5.92 Å². The van der Waals surface area contributed by atoms with Crippen molar-refractivity contribution in [3.05, 3.63) is 46.4 Å². The van der Waals surface area contributed by atoms with Crippen LogP contribution in [0.4, 0.5) is 0 Å². The number of ether oxygens (including phenoxy) is 2. The number of benzene rings is 2. The molecule has 0 atom stereocenters. The number of fused-ring (bicyclic) bond motifs is 1. The van der Waals surface area contributed by atoms with Crippen LogP contribution in [-0.2, 0) is 30.3 Å². The van der Waals surface area contributed by atoms with Gasteiger partial charge in [0.2, 0.25) is 5.92 Å². The molecule has 132 valence electrons. The predicted octanol–water partition coefficient (Wildman–Crippen LogP) is 3.46. The van der Waals surface area contributed by atoms with Crippen LogP contribution in [0.3, 0.4) is 0 Å². The largest absolute Gasteiger partial charge is 0.465 e. The van der Waals surface area contributed by atoms with E-state index in [2.05, 4.69) is 15.9 Å². The third-order valence-corrected chi connectivity index (χ3v) is 4.38. The molecule has 0 bridgehead atoms. The molecule has 0 unspecified atom stereocenters. The number of rotatable bonds is 7. The van der Waals surface area contributed by atoms with Crippen molar-refractivity contribution in [2.75, 3.05) is 13.2 Å². The van der Waals surface area contributed by atoms with Crippen molar-refractivity contribution in [2.45, 2.75) is 20.3 Å². The van der Waals surface area contributed by atoms with Crippen LogP contribution in [0.1, 0.15) is 19.4 Å². The Hall–Kier alpha value is -2.21. The molecule has 2 aromatic rings. The van der Waals surface area contributed by atoms with Crippen molar-refractivity contribution < 1.29 is 23.9 Å². The predicted molar refractivity (Wildman–Crippen MR) is 97.1 cm³/mol. The van der Waals surface area contributed by atoms with Crippen molar-refractivity contribution in [3.63, 3.8) is 0 Å². The van der Waals surface area contributed by atoms with Gasteiger partial charge < -0.3 is 9.47 Å². The molecule has 0 aliphatic heterocycles. The average molecular weight is 407 g/mol. The summed E-state index contributed by atoms with van der Waals surface area (Å²) in [4.78, 5) is 36.8. The fourth-order valence-electron chi connectivity index (χ4n) is 2.58. The van der Waals surface area contributed by atoms with Crippen LogP contribution in [-0.4, -0.2) is 30.9 Å². The lowest BCUT2D eigenvalue weighted by atomic mass is 9.94. The minimum absolute atomic E-state index is 0.0594. The van der Waals surface area contributed by atoms with Crippen molar-refractivity contribution in [1.82, 2.24) is 0 Å². The minimum atomic E-state index is -1.55. The van der Waals surface area contributed by atoms with E-state index in [1.54, 1.807) is 19.9 Å². The summed E-state index contributed by atoms with van der Waals surface area (Å²) < 4.78 is 10.6. The van der Waals surface area contributed by atoms with Crippen molar-refractivity contribution in [1.29, 1.82) is 0 Å². The zero-order valence-electron chi connectivity index (χ0n) is 14.1.